The van der Waals surface area contributed by atoms with E-state index in [1.54, 1.807) is 0 Å². The van der Waals surface area contributed by atoms with E-state index in [1.165, 1.54) is 11.1 Å². The zero-order valence-electron chi connectivity index (χ0n) is 12.7. The zero-order valence-corrected chi connectivity index (χ0v) is 14.2. The third-order valence-corrected chi connectivity index (χ3v) is 4.84. The molecule has 0 amide bonds. The Bertz CT molecular complexity index is 970. The monoisotopic (exact) mass is 346 g/mol. The lowest BCUT2D eigenvalue weighted by Gasteiger charge is -1.91. The number of halogens is 2. The van der Waals surface area contributed by atoms with Crippen molar-refractivity contribution in [3.05, 3.63) is 94.0 Å². The maximum absolute atomic E-state index is 6.49. The normalized spacial score (nSPS) is 10.6. The first-order valence-electron chi connectivity index (χ1n) is 7.60. The number of hydrogen-bond acceptors (Lipinski definition) is 0. The summed E-state index contributed by atoms with van der Waals surface area (Å²) in [7, 11) is 0. The minimum Gasteiger partial charge on any atom is -0.0822 e. The van der Waals surface area contributed by atoms with Gasteiger partial charge in [-0.3, -0.25) is 0 Å². The largest absolute Gasteiger partial charge is 0.0822 e. The second-order valence-corrected chi connectivity index (χ2v) is 6.31. The topological polar surface area (TPSA) is 0 Å². The molecule has 2 heteroatoms. The van der Waals surface area contributed by atoms with Gasteiger partial charge in [-0.2, -0.15) is 0 Å². The van der Waals surface area contributed by atoms with Crippen LogP contribution >= 0.6 is 23.2 Å². The highest BCUT2D eigenvalue weighted by atomic mass is 35.5. The van der Waals surface area contributed by atoms with Crippen molar-refractivity contribution in [2.75, 3.05) is 0 Å². The van der Waals surface area contributed by atoms with Gasteiger partial charge in [0, 0.05) is 16.7 Å². The van der Waals surface area contributed by atoms with E-state index in [2.05, 4.69) is 36.1 Å². The summed E-state index contributed by atoms with van der Waals surface area (Å²) < 4.78 is 0. The fourth-order valence-electron chi connectivity index (χ4n) is 2.79. The third-order valence-electron chi connectivity index (χ3n) is 4.05. The summed E-state index contributed by atoms with van der Waals surface area (Å²) in [5.74, 6) is 6.32. The van der Waals surface area contributed by atoms with Crippen LogP contribution in [-0.2, 0) is 0 Å². The smallest absolute Gasteiger partial charge is 0.0656 e. The molecule has 0 aliphatic heterocycles. The molecule has 0 atom stereocenters. The van der Waals surface area contributed by atoms with Crippen LogP contribution < -0.4 is 0 Å². The van der Waals surface area contributed by atoms with Gasteiger partial charge >= 0.3 is 0 Å². The van der Waals surface area contributed by atoms with E-state index in [0.29, 0.717) is 15.6 Å². The highest BCUT2D eigenvalue weighted by Gasteiger charge is 2.18. The maximum atomic E-state index is 6.49. The van der Waals surface area contributed by atoms with Crippen LogP contribution in [0.1, 0.15) is 11.1 Å². The molecule has 0 heterocycles. The zero-order chi connectivity index (χ0) is 16.5. The number of hydrogen-bond donors (Lipinski definition) is 0. The molecule has 0 nitrogen and oxygen atoms in total. The molecule has 0 fully saturated rings. The summed E-state index contributed by atoms with van der Waals surface area (Å²) in [4.78, 5) is 0. The van der Waals surface area contributed by atoms with Crippen molar-refractivity contribution in [2.45, 2.75) is 0 Å². The van der Waals surface area contributed by atoms with E-state index < -0.39 is 0 Å². The van der Waals surface area contributed by atoms with Gasteiger partial charge in [0.1, 0.15) is 0 Å². The third kappa shape index (κ3) is 2.63. The van der Waals surface area contributed by atoms with Crippen molar-refractivity contribution >= 4 is 23.2 Å². The molecule has 0 N–H and O–H groups in total. The van der Waals surface area contributed by atoms with Crippen molar-refractivity contribution in [2.24, 2.45) is 0 Å². The summed E-state index contributed by atoms with van der Waals surface area (Å²) in [6.45, 7) is 0. The molecule has 4 aliphatic rings. The highest BCUT2D eigenvalue weighted by Crippen LogP contribution is 2.42. The van der Waals surface area contributed by atoms with Gasteiger partial charge in [0.15, 0.2) is 0 Å². The van der Waals surface area contributed by atoms with Crippen LogP contribution in [0.15, 0.2) is 72.8 Å². The SMILES string of the molecule is Clc1c2cccccc-2c(Cl)c1C#Cc1ccc2cccc-2cc1. The Labute approximate surface area is 151 Å². The van der Waals surface area contributed by atoms with Gasteiger partial charge in [0.25, 0.3) is 0 Å². The summed E-state index contributed by atoms with van der Waals surface area (Å²) >= 11 is 13.0. The van der Waals surface area contributed by atoms with Crippen LogP contribution in [-0.4, -0.2) is 0 Å². The molecule has 4 aliphatic carbocycles. The number of rotatable bonds is 0. The van der Waals surface area contributed by atoms with Crippen molar-refractivity contribution in [3.8, 4) is 34.1 Å². The molecule has 0 radical (unpaired) electrons. The van der Waals surface area contributed by atoms with E-state index in [-0.39, 0.29) is 0 Å². The van der Waals surface area contributed by atoms with Crippen molar-refractivity contribution in [1.29, 1.82) is 0 Å². The first kappa shape index (κ1) is 15.1. The Morgan fingerprint density at radius 2 is 1.12 bits per heavy atom. The van der Waals surface area contributed by atoms with Crippen LogP contribution in [0.3, 0.4) is 0 Å². The van der Waals surface area contributed by atoms with E-state index in [1.807, 2.05) is 48.5 Å². The molecule has 114 valence electrons. The Kier molecular flexibility index (Phi) is 3.90. The van der Waals surface area contributed by atoms with Crippen LogP contribution in [0.2, 0.25) is 10.0 Å². The Morgan fingerprint density at radius 3 is 1.71 bits per heavy atom. The van der Waals surface area contributed by atoms with Gasteiger partial charge in [-0.1, -0.05) is 95.7 Å². The van der Waals surface area contributed by atoms with Gasteiger partial charge in [-0.25, -0.2) is 0 Å². The minimum absolute atomic E-state index is 0.609. The Balaban J connectivity index is 1.82. The second-order valence-electron chi connectivity index (χ2n) is 5.55. The first-order chi connectivity index (χ1) is 11.7. The quantitative estimate of drug-likeness (QED) is 0.314. The van der Waals surface area contributed by atoms with Gasteiger partial charge in [0.2, 0.25) is 0 Å². The highest BCUT2D eigenvalue weighted by molar-refractivity contribution is 6.42. The van der Waals surface area contributed by atoms with Crippen LogP contribution in [0.5, 0.6) is 0 Å². The van der Waals surface area contributed by atoms with E-state index in [4.69, 9.17) is 23.2 Å². The van der Waals surface area contributed by atoms with Gasteiger partial charge < -0.3 is 0 Å². The molecule has 24 heavy (non-hydrogen) atoms. The lowest BCUT2D eigenvalue weighted by atomic mass is 10.2. The average Bonchev–Trinajstić information content (AvgIpc) is 2.91. The summed E-state index contributed by atoms with van der Waals surface area (Å²) in [6.07, 6.45) is 0. The lowest BCUT2D eigenvalue weighted by Crippen LogP contribution is -1.72. The minimum atomic E-state index is 0.609. The second kappa shape index (κ2) is 6.21. The van der Waals surface area contributed by atoms with Crippen LogP contribution in [0.25, 0.3) is 22.3 Å². The molecule has 0 aromatic heterocycles. The van der Waals surface area contributed by atoms with Gasteiger partial charge in [0.05, 0.1) is 15.6 Å². The Hall–Kier alpha value is -2.46. The summed E-state index contributed by atoms with van der Waals surface area (Å²) in [5, 5.41) is 1.22. The van der Waals surface area contributed by atoms with Gasteiger partial charge in [-0.05, 0) is 23.3 Å². The fourth-order valence-corrected chi connectivity index (χ4v) is 3.45. The van der Waals surface area contributed by atoms with Gasteiger partial charge in [-0.15, -0.1) is 0 Å². The lowest BCUT2D eigenvalue weighted by molar-refractivity contribution is 1.74. The van der Waals surface area contributed by atoms with Crippen molar-refractivity contribution in [3.63, 3.8) is 0 Å². The number of fused-ring (bicyclic) bond motifs is 2. The Morgan fingerprint density at radius 1 is 0.542 bits per heavy atom. The molecular formula is C22H12Cl2. The molecule has 0 aromatic rings. The molecular weight excluding hydrogens is 335 g/mol. The fraction of sp³-hybridized carbons (Fsp3) is 0. The van der Waals surface area contributed by atoms with E-state index in [0.717, 1.165) is 16.7 Å². The van der Waals surface area contributed by atoms with E-state index in [9.17, 15) is 0 Å². The molecule has 0 unspecified atom stereocenters. The maximum Gasteiger partial charge on any atom is 0.0656 e. The van der Waals surface area contributed by atoms with E-state index >= 15 is 0 Å². The van der Waals surface area contributed by atoms with Crippen LogP contribution in [0, 0.1) is 11.8 Å². The average molecular weight is 347 g/mol. The van der Waals surface area contributed by atoms with Crippen LogP contribution in [0.4, 0.5) is 0 Å². The predicted octanol–water partition coefficient (Wildman–Crippen LogP) is 6.60. The standard InChI is InChI=1S/C22H12Cl2/c23-21-18-7-2-1-3-8-19(18)22(24)20(21)14-11-15-9-12-16-5-4-6-17(16)13-10-15/h1-10,12-13H. The molecule has 0 spiro atoms. The molecule has 0 saturated heterocycles. The molecule has 0 saturated carbocycles. The molecule has 0 aromatic carbocycles. The summed E-state index contributed by atoms with van der Waals surface area (Å²) in [6, 6.07) is 24.2. The molecule has 4 rings (SSSR count). The van der Waals surface area contributed by atoms with Crippen molar-refractivity contribution < 1.29 is 0 Å². The van der Waals surface area contributed by atoms with Crippen molar-refractivity contribution in [1.82, 2.24) is 0 Å². The summed E-state index contributed by atoms with van der Waals surface area (Å²) in [5.41, 5.74) is 5.86. The predicted molar refractivity (Wildman–Crippen MR) is 102 cm³/mol. The first-order valence-corrected chi connectivity index (χ1v) is 8.36. The molecule has 0 bridgehead atoms.